The van der Waals surface area contributed by atoms with E-state index in [-0.39, 0.29) is 36.3 Å². The predicted molar refractivity (Wildman–Crippen MR) is 201 cm³/mol. The minimum atomic E-state index is -1.07. The number of oxazole rings is 1. The molecule has 4 aliphatic heterocycles. The molecule has 0 bridgehead atoms. The zero-order valence-electron chi connectivity index (χ0n) is 31.6. The van der Waals surface area contributed by atoms with E-state index in [1.54, 1.807) is 22.9 Å². The summed E-state index contributed by atoms with van der Waals surface area (Å²) in [6.07, 6.45) is 3.60. The van der Waals surface area contributed by atoms with Crippen molar-refractivity contribution in [1.82, 2.24) is 24.2 Å². The number of piperidine rings is 3. The van der Waals surface area contributed by atoms with Crippen molar-refractivity contribution >= 4 is 40.8 Å². The van der Waals surface area contributed by atoms with Crippen molar-refractivity contribution in [1.29, 1.82) is 0 Å². The Balaban J connectivity index is 0.997. The molecule has 0 saturated carbocycles. The van der Waals surface area contributed by atoms with Crippen LogP contribution in [0, 0.1) is 12.8 Å². The third-order valence-corrected chi connectivity index (χ3v) is 11.8. The van der Waals surface area contributed by atoms with Crippen LogP contribution >= 0.6 is 0 Å². The molecule has 7 rings (SSSR count). The van der Waals surface area contributed by atoms with Crippen molar-refractivity contribution in [3.8, 4) is 0 Å². The summed E-state index contributed by atoms with van der Waals surface area (Å²) in [4.78, 5) is 73.5. The molecule has 4 amide bonds. The quantitative estimate of drug-likeness (QED) is 0.334. The maximum Gasteiger partial charge on any atom is 0.419 e. The van der Waals surface area contributed by atoms with Crippen LogP contribution in [0.15, 0.2) is 45.6 Å². The third-order valence-electron chi connectivity index (χ3n) is 11.8. The van der Waals surface area contributed by atoms with E-state index < -0.39 is 18.0 Å². The lowest BCUT2D eigenvalue weighted by Gasteiger charge is -2.42. The van der Waals surface area contributed by atoms with Crippen molar-refractivity contribution in [3.05, 3.63) is 63.6 Å². The highest BCUT2D eigenvalue weighted by Crippen LogP contribution is 2.28. The van der Waals surface area contributed by atoms with E-state index in [2.05, 4.69) is 10.2 Å². The van der Waals surface area contributed by atoms with E-state index in [1.165, 1.54) is 4.57 Å². The number of nitrogens with one attached hydrogen (secondary N) is 1. The fourth-order valence-corrected chi connectivity index (χ4v) is 8.80. The van der Waals surface area contributed by atoms with Gasteiger partial charge in [-0.05, 0) is 101 Å². The predicted octanol–water partition coefficient (Wildman–Crippen LogP) is 4.31. The number of hydrogen-bond acceptors (Lipinski definition) is 9. The van der Waals surface area contributed by atoms with Gasteiger partial charge in [0.2, 0.25) is 0 Å². The highest BCUT2D eigenvalue weighted by Gasteiger charge is 2.37. The number of hydrogen-bond donors (Lipinski definition) is 1. The molecule has 1 atom stereocenters. The molecule has 3 saturated heterocycles. The Kier molecular flexibility index (Phi) is 11.3. The topological polar surface area (TPSA) is 147 Å². The zero-order valence-corrected chi connectivity index (χ0v) is 31.6. The van der Waals surface area contributed by atoms with Gasteiger partial charge in [0, 0.05) is 64.0 Å². The number of likely N-dealkylation sites (tertiary alicyclic amines) is 3. The first-order chi connectivity index (χ1) is 26.1. The number of benzene rings is 2. The molecule has 0 aliphatic carbocycles. The average Bonchev–Trinajstić information content (AvgIpc) is 3.36. The van der Waals surface area contributed by atoms with Gasteiger partial charge < -0.3 is 38.8 Å². The van der Waals surface area contributed by atoms with E-state index in [4.69, 9.17) is 13.9 Å². The van der Waals surface area contributed by atoms with Crippen LogP contribution in [-0.4, -0.2) is 119 Å². The van der Waals surface area contributed by atoms with Crippen molar-refractivity contribution in [2.75, 3.05) is 57.7 Å². The lowest BCUT2D eigenvalue weighted by atomic mass is 9.93. The number of amides is 4. The molecular weight excluding hydrogens is 692 g/mol. The van der Waals surface area contributed by atoms with Crippen molar-refractivity contribution in [3.63, 3.8) is 0 Å². The van der Waals surface area contributed by atoms with E-state index in [1.807, 2.05) is 49.1 Å². The molecule has 1 aromatic heterocycles. The Bertz CT molecular complexity index is 1920. The highest BCUT2D eigenvalue weighted by molar-refractivity contribution is 5.91. The monoisotopic (exact) mass is 744 g/mol. The minimum Gasteiger partial charge on any atom is -0.466 e. The highest BCUT2D eigenvalue weighted by atomic mass is 16.6. The molecule has 54 heavy (non-hydrogen) atoms. The van der Waals surface area contributed by atoms with E-state index >= 15 is 0 Å². The number of rotatable bonds is 8. The number of urea groups is 1. The van der Waals surface area contributed by atoms with Gasteiger partial charge >= 0.3 is 23.8 Å². The average molecular weight is 745 g/mol. The van der Waals surface area contributed by atoms with Crippen LogP contribution in [0.1, 0.15) is 62.1 Å². The number of para-hydroxylation sites is 1. The van der Waals surface area contributed by atoms with Gasteiger partial charge in [0.15, 0.2) is 11.7 Å². The van der Waals surface area contributed by atoms with Gasteiger partial charge in [0.25, 0.3) is 5.91 Å². The van der Waals surface area contributed by atoms with Crippen LogP contribution < -0.4 is 11.1 Å². The summed E-state index contributed by atoms with van der Waals surface area (Å²) in [5.41, 5.74) is 4.60. The van der Waals surface area contributed by atoms with Gasteiger partial charge in [-0.15, -0.1) is 0 Å². The summed E-state index contributed by atoms with van der Waals surface area (Å²) in [7, 11) is 1.66. The van der Waals surface area contributed by atoms with E-state index in [0.717, 1.165) is 67.6 Å². The zero-order chi connectivity index (χ0) is 37.9. The fraction of sp³-hybridized carbons (Fsp3) is 0.575. The van der Waals surface area contributed by atoms with Crippen LogP contribution in [-0.2, 0) is 39.0 Å². The largest absolute Gasteiger partial charge is 0.466 e. The maximum atomic E-state index is 14.2. The lowest BCUT2D eigenvalue weighted by Crippen LogP contribution is -2.53. The summed E-state index contributed by atoms with van der Waals surface area (Å²) in [5, 5.41) is 3.04. The molecule has 4 aliphatic rings. The van der Waals surface area contributed by atoms with Gasteiger partial charge in [-0.1, -0.05) is 24.3 Å². The van der Waals surface area contributed by atoms with Crippen LogP contribution in [0.4, 0.5) is 15.3 Å². The molecule has 3 aromatic rings. The summed E-state index contributed by atoms with van der Waals surface area (Å²) in [6, 6.07) is 11.7. The third kappa shape index (κ3) is 7.98. The molecule has 3 fully saturated rings. The second-order valence-corrected chi connectivity index (χ2v) is 15.1. The lowest BCUT2D eigenvalue weighted by molar-refractivity contribution is -0.150. The number of fused-ring (bicyclic) bond motifs is 2. The van der Waals surface area contributed by atoms with Gasteiger partial charge in [-0.3, -0.25) is 14.2 Å². The van der Waals surface area contributed by atoms with Gasteiger partial charge in [0.05, 0.1) is 18.0 Å². The van der Waals surface area contributed by atoms with Crippen molar-refractivity contribution in [2.45, 2.75) is 83.4 Å². The molecule has 14 nitrogen and oxygen atoms in total. The Morgan fingerprint density at radius 2 is 1.57 bits per heavy atom. The number of aryl methyl sites for hydroxylation is 2. The van der Waals surface area contributed by atoms with Crippen LogP contribution in [0.25, 0.3) is 11.1 Å². The summed E-state index contributed by atoms with van der Waals surface area (Å²) in [5.74, 6) is -0.876. The number of nitrogens with zero attached hydrogens (tertiary/aromatic N) is 5. The molecule has 14 heteroatoms. The minimum absolute atomic E-state index is 0.0201. The van der Waals surface area contributed by atoms with Crippen molar-refractivity contribution in [2.24, 2.45) is 13.0 Å². The second-order valence-electron chi connectivity index (χ2n) is 15.1. The smallest absolute Gasteiger partial charge is 0.419 e. The fourth-order valence-electron chi connectivity index (χ4n) is 8.80. The summed E-state index contributed by atoms with van der Waals surface area (Å²) >= 11 is 0. The summed E-state index contributed by atoms with van der Waals surface area (Å²) in [6.45, 7) is 8.24. The molecule has 2 aromatic carbocycles. The first kappa shape index (κ1) is 37.5. The number of anilines is 1. The van der Waals surface area contributed by atoms with Crippen molar-refractivity contribution < 1.29 is 33.1 Å². The SMILES string of the molecule is CCOC(=O)C1CCN(C2CCN(C(=O)[C@@H](Cc3cc(C)c4c(c3)oc(=O)n4C)OC(=O)N3CCC(N4CCc5ccccc5NC4=O)CC3)CC2)CC1. The van der Waals surface area contributed by atoms with E-state index in [9.17, 15) is 24.0 Å². The molecule has 5 heterocycles. The molecule has 1 N–H and O–H groups in total. The van der Waals surface area contributed by atoms with Crippen LogP contribution in [0.5, 0.6) is 0 Å². The standard InChI is InChI=1S/C40H52N6O8/c1-4-52-37(48)29-9-16-43(17-10-29)30-12-18-44(19-13-30)36(47)34(25-27-23-26(2)35-33(24-27)53-39(50)42(35)3)54-40(51)45-20-14-31(15-21-45)46-22-11-28-7-5-6-8-32(28)41-38(46)49/h5-8,23-24,29-31,34H,4,9-22,25H2,1-3H3,(H,41,49)/t34-/m1/s1. The Labute approximate surface area is 315 Å². The van der Waals surface area contributed by atoms with Gasteiger partial charge in [-0.2, -0.15) is 0 Å². The first-order valence-electron chi connectivity index (χ1n) is 19.5. The maximum absolute atomic E-state index is 14.2. The van der Waals surface area contributed by atoms with Gasteiger partial charge in [0.1, 0.15) is 0 Å². The van der Waals surface area contributed by atoms with Crippen LogP contribution in [0.2, 0.25) is 0 Å². The Morgan fingerprint density at radius 3 is 2.30 bits per heavy atom. The molecule has 0 radical (unpaired) electrons. The second kappa shape index (κ2) is 16.3. The first-order valence-corrected chi connectivity index (χ1v) is 19.5. The Hall–Kier alpha value is -4.85. The van der Waals surface area contributed by atoms with E-state index in [0.29, 0.717) is 69.3 Å². The van der Waals surface area contributed by atoms with Crippen LogP contribution in [0.3, 0.4) is 0 Å². The summed E-state index contributed by atoms with van der Waals surface area (Å²) < 4.78 is 18.3. The van der Waals surface area contributed by atoms with Gasteiger partial charge in [-0.25, -0.2) is 14.4 Å². The number of esters is 1. The number of ether oxygens (including phenoxy) is 2. The number of aromatic nitrogens is 1. The molecule has 0 spiro atoms. The molecule has 0 unspecified atom stereocenters. The Morgan fingerprint density at radius 1 is 0.889 bits per heavy atom. The number of carbonyl (C=O) groups is 4. The number of carbonyl (C=O) groups excluding carboxylic acids is 4. The molecule has 290 valence electrons. The molecular formula is C40H52N6O8. The normalized spacial score (nSPS) is 20.0.